The van der Waals surface area contributed by atoms with E-state index in [2.05, 4.69) is 6.92 Å². The fraction of sp³-hybridized carbons (Fsp3) is 0.809. The molecule has 0 radical (unpaired) electrons. The van der Waals surface area contributed by atoms with Gasteiger partial charge in [0.1, 0.15) is 53.6 Å². The molecule has 14 heteroatoms. The van der Waals surface area contributed by atoms with Gasteiger partial charge in [0.25, 0.3) is 0 Å². The van der Waals surface area contributed by atoms with E-state index in [1.54, 1.807) is 45.2 Å². The summed E-state index contributed by atoms with van der Waals surface area (Å²) < 4.78 is 57.3. The lowest BCUT2D eigenvalue weighted by Gasteiger charge is -2.61. The van der Waals surface area contributed by atoms with E-state index in [4.69, 9.17) is 42.6 Å². The van der Waals surface area contributed by atoms with Gasteiger partial charge in [-0.15, -0.1) is 0 Å². The lowest BCUT2D eigenvalue weighted by Crippen LogP contribution is -2.71. The summed E-state index contributed by atoms with van der Waals surface area (Å²) in [7, 11) is 3.04. The molecule has 7 fully saturated rings. The van der Waals surface area contributed by atoms with Crippen molar-refractivity contribution in [2.45, 2.75) is 191 Å². The molecule has 61 heavy (non-hydrogen) atoms. The third-order valence-electron chi connectivity index (χ3n) is 16.8. The Labute approximate surface area is 359 Å². The minimum absolute atomic E-state index is 0.0238. The molecule has 3 heterocycles. The molecule has 3 saturated heterocycles. The maximum absolute atomic E-state index is 14.1. The number of fused-ring (bicyclic) bond motifs is 2. The Bertz CT molecular complexity index is 1780. The zero-order valence-corrected chi connectivity index (χ0v) is 37.3. The molecule has 7 aliphatic rings. The number of esters is 2. The van der Waals surface area contributed by atoms with Crippen molar-refractivity contribution in [3.05, 3.63) is 35.9 Å². The highest BCUT2D eigenvalue weighted by Crippen LogP contribution is 2.81. The largest absolute Gasteiger partial charge is 0.458 e. The quantitative estimate of drug-likeness (QED) is 0.157. The van der Waals surface area contributed by atoms with Crippen LogP contribution in [0.2, 0.25) is 0 Å². The number of ketones is 1. The highest BCUT2D eigenvalue weighted by molar-refractivity contribution is 5.89. The summed E-state index contributed by atoms with van der Waals surface area (Å²) in [6, 6.07) is 8.86. The van der Waals surface area contributed by atoms with Crippen LogP contribution in [0.4, 0.5) is 0 Å². The molecule has 3 aliphatic heterocycles. The summed E-state index contributed by atoms with van der Waals surface area (Å²) in [5.74, 6) is -1.76. The van der Waals surface area contributed by atoms with Gasteiger partial charge in [0, 0.05) is 37.9 Å². The molecule has 1 aromatic rings. The Morgan fingerprint density at radius 3 is 2.26 bits per heavy atom. The number of methoxy groups -OCH3 is 2. The predicted molar refractivity (Wildman–Crippen MR) is 218 cm³/mol. The van der Waals surface area contributed by atoms with Crippen LogP contribution in [0.3, 0.4) is 0 Å². The standard InChI is InChI=1S/C47H68O14/c1-10-24(2)41(51)58-38-39-44(6)19-17-30(57-33-23-32(53-8)36(27(5)55-33)59-43-35(50)37(54-9)34(49)26(4)56-43)22-29(44)16-20-46(39)47(61-46)21-18-31(25(3)48)45(47,7)40(38)60-42(52)28-14-12-11-13-15-28/h11-15,24,26-27,29-40,43,49-50H,10,16-23H2,1-9H3/t24-,26+,27+,29-,30-,31-,32+,33-,34+,35+,36+,37+,38-,39+,40+,43-,44-,45-,46-,47+/m0/s1. The first kappa shape index (κ1) is 45.1. The van der Waals surface area contributed by atoms with Crippen molar-refractivity contribution in [1.29, 1.82) is 0 Å². The molecular weight excluding hydrogens is 789 g/mol. The Hall–Kier alpha value is -2.53. The van der Waals surface area contributed by atoms with Crippen LogP contribution in [0.1, 0.15) is 117 Å². The second-order valence-corrected chi connectivity index (χ2v) is 19.7. The number of Topliss-reactive ketones (excluding diaryl/α,β-unsaturated/α-hetero) is 1. The predicted octanol–water partition coefficient (Wildman–Crippen LogP) is 5.31. The monoisotopic (exact) mass is 856 g/mol. The van der Waals surface area contributed by atoms with E-state index in [0.717, 1.165) is 25.7 Å². The smallest absolute Gasteiger partial charge is 0.338 e. The van der Waals surface area contributed by atoms with Crippen LogP contribution in [-0.4, -0.2) is 127 Å². The van der Waals surface area contributed by atoms with Crippen LogP contribution in [0.25, 0.3) is 0 Å². The van der Waals surface area contributed by atoms with Gasteiger partial charge in [0.2, 0.25) is 0 Å². The molecule has 0 unspecified atom stereocenters. The molecule has 8 rings (SSSR count). The van der Waals surface area contributed by atoms with Gasteiger partial charge >= 0.3 is 11.9 Å². The number of aliphatic hydroxyl groups excluding tert-OH is 2. The zero-order valence-electron chi connectivity index (χ0n) is 37.3. The first-order valence-corrected chi connectivity index (χ1v) is 22.7. The minimum atomic E-state index is -1.22. The summed E-state index contributed by atoms with van der Waals surface area (Å²) in [5.41, 5.74) is -2.24. The lowest BCUT2D eigenvalue weighted by atomic mass is 9.43. The van der Waals surface area contributed by atoms with Gasteiger partial charge in [-0.3, -0.25) is 9.59 Å². The minimum Gasteiger partial charge on any atom is -0.458 e. The van der Waals surface area contributed by atoms with Crippen molar-refractivity contribution in [2.24, 2.45) is 34.5 Å². The number of hydrogen-bond acceptors (Lipinski definition) is 14. The van der Waals surface area contributed by atoms with Gasteiger partial charge in [-0.1, -0.05) is 45.9 Å². The van der Waals surface area contributed by atoms with Gasteiger partial charge in [-0.25, -0.2) is 4.79 Å². The van der Waals surface area contributed by atoms with E-state index in [1.165, 1.54) is 7.11 Å². The van der Waals surface area contributed by atoms with Crippen LogP contribution >= 0.6 is 0 Å². The van der Waals surface area contributed by atoms with Crippen molar-refractivity contribution in [3.8, 4) is 0 Å². The van der Waals surface area contributed by atoms with Crippen LogP contribution < -0.4 is 0 Å². The number of epoxide rings is 1. The lowest BCUT2D eigenvalue weighted by molar-refractivity contribution is -0.343. The molecule has 2 N–H and O–H groups in total. The van der Waals surface area contributed by atoms with Gasteiger partial charge in [0.15, 0.2) is 12.6 Å². The number of carbonyl (C=O) groups excluding carboxylic acids is 3. The fourth-order valence-electron chi connectivity index (χ4n) is 13.3. The summed E-state index contributed by atoms with van der Waals surface area (Å²) in [5, 5.41) is 21.4. The second-order valence-electron chi connectivity index (χ2n) is 19.7. The first-order chi connectivity index (χ1) is 29.0. The van der Waals surface area contributed by atoms with Crippen molar-refractivity contribution in [2.75, 3.05) is 14.2 Å². The van der Waals surface area contributed by atoms with Crippen LogP contribution in [-0.2, 0) is 52.2 Å². The average molecular weight is 857 g/mol. The number of aliphatic hydroxyl groups is 2. The number of carbonyl (C=O) groups is 3. The average Bonchev–Trinajstić information content (AvgIpc) is 3.79. The Balaban J connectivity index is 1.04. The maximum Gasteiger partial charge on any atom is 0.338 e. The molecule has 2 spiro atoms. The molecule has 20 atom stereocenters. The summed E-state index contributed by atoms with van der Waals surface area (Å²) in [6.07, 6.45) is -2.66. The molecule has 0 aromatic heterocycles. The van der Waals surface area contributed by atoms with E-state index in [-0.39, 0.29) is 41.0 Å². The van der Waals surface area contributed by atoms with Crippen LogP contribution in [0.5, 0.6) is 0 Å². The molecule has 340 valence electrons. The highest BCUT2D eigenvalue weighted by atomic mass is 16.7. The summed E-state index contributed by atoms with van der Waals surface area (Å²) in [4.78, 5) is 41.7. The number of benzene rings is 1. The van der Waals surface area contributed by atoms with E-state index in [1.807, 2.05) is 33.8 Å². The molecule has 1 aromatic carbocycles. The molecule has 0 bridgehead atoms. The SMILES string of the molecule is CC[C@H](C)C(=O)O[C@@H]1[C@@H](OC(=O)c2ccccc2)[C@]2(C)[C@H](C(C)=O)CC[C@@]23O[C@]32CC[C@H]3C[C@@H](O[C@H]4C[C@@H](OC)[C@H](O[C@@H]5O[C@H](C)[C@@H](O)[C@@H](OC)[C@H]5O)[C@@H](C)O4)CC[C@]3(C)[C@@H]12. The number of ether oxygens (including phenoxy) is 9. The highest BCUT2D eigenvalue weighted by Gasteiger charge is 2.91. The fourth-order valence-corrected chi connectivity index (χ4v) is 13.3. The van der Waals surface area contributed by atoms with Crippen LogP contribution in [0, 0.1) is 34.5 Å². The second kappa shape index (κ2) is 16.8. The van der Waals surface area contributed by atoms with E-state index >= 15 is 0 Å². The van der Waals surface area contributed by atoms with Crippen molar-refractivity contribution in [1.82, 2.24) is 0 Å². The van der Waals surface area contributed by atoms with Crippen molar-refractivity contribution >= 4 is 17.7 Å². The third-order valence-corrected chi connectivity index (χ3v) is 16.8. The van der Waals surface area contributed by atoms with E-state index in [0.29, 0.717) is 37.7 Å². The van der Waals surface area contributed by atoms with Crippen LogP contribution in [0.15, 0.2) is 30.3 Å². The Morgan fingerprint density at radius 2 is 1.59 bits per heavy atom. The van der Waals surface area contributed by atoms with Gasteiger partial charge < -0.3 is 52.8 Å². The van der Waals surface area contributed by atoms with E-state index in [9.17, 15) is 24.6 Å². The molecule has 14 nitrogen and oxygen atoms in total. The molecule has 4 saturated carbocycles. The molecular formula is C47H68O14. The van der Waals surface area contributed by atoms with Crippen molar-refractivity contribution < 1.29 is 67.2 Å². The van der Waals surface area contributed by atoms with Crippen molar-refractivity contribution in [3.63, 3.8) is 0 Å². The Kier molecular flexibility index (Phi) is 12.4. The van der Waals surface area contributed by atoms with Gasteiger partial charge in [-0.05, 0) is 95.6 Å². The van der Waals surface area contributed by atoms with E-state index < -0.39 is 96.0 Å². The summed E-state index contributed by atoms with van der Waals surface area (Å²) >= 11 is 0. The molecule has 0 amide bonds. The molecule has 4 aliphatic carbocycles. The maximum atomic E-state index is 14.1. The topological polar surface area (TPSA) is 178 Å². The summed E-state index contributed by atoms with van der Waals surface area (Å²) in [6.45, 7) is 13.4. The zero-order chi connectivity index (χ0) is 43.8. The Morgan fingerprint density at radius 1 is 0.852 bits per heavy atom. The van der Waals surface area contributed by atoms with Gasteiger partial charge in [0.05, 0.1) is 35.9 Å². The third kappa shape index (κ3) is 7.13. The number of hydrogen-bond donors (Lipinski definition) is 2. The van der Waals surface area contributed by atoms with Gasteiger partial charge in [-0.2, -0.15) is 0 Å². The normalized spacial score (nSPS) is 48.1. The first-order valence-electron chi connectivity index (χ1n) is 22.7. The number of rotatable bonds is 12.